The summed E-state index contributed by atoms with van der Waals surface area (Å²) in [6.07, 6.45) is 0. The molecule has 0 aromatic heterocycles. The molecule has 4 N–H and O–H groups in total. The van der Waals surface area contributed by atoms with E-state index in [1.54, 1.807) is 0 Å². The van der Waals surface area contributed by atoms with E-state index >= 15 is 0 Å². The summed E-state index contributed by atoms with van der Waals surface area (Å²) in [5, 5.41) is 28.4. The number of aromatic hydroxyl groups is 1. The summed E-state index contributed by atoms with van der Waals surface area (Å²) in [4.78, 5) is 22.0. The fraction of sp³-hybridized carbons (Fsp3) is 0.200. The highest BCUT2D eigenvalue weighted by molar-refractivity contribution is 5.99. The lowest BCUT2D eigenvalue weighted by atomic mass is 10.1. The smallest absolute Gasteiger partial charge is 0.328 e. The van der Waals surface area contributed by atoms with Gasteiger partial charge in [-0.3, -0.25) is 4.79 Å². The van der Waals surface area contributed by atoms with Crippen LogP contribution in [0.4, 0.5) is 4.39 Å². The molecule has 6 nitrogen and oxygen atoms in total. The number of carbonyl (C=O) groups excluding carboxylic acids is 1. The average Bonchev–Trinajstić information content (AvgIpc) is 2.25. The maximum absolute atomic E-state index is 13.2. The molecule has 0 aliphatic rings. The van der Waals surface area contributed by atoms with Gasteiger partial charge in [0.2, 0.25) is 0 Å². The number of aliphatic hydroxyl groups excluding tert-OH is 1. The zero-order chi connectivity index (χ0) is 13.0. The average molecular weight is 243 g/mol. The minimum atomic E-state index is -1.55. The number of carboxylic acid groups (broad SMARTS) is 1. The SMILES string of the molecule is O=C(N[C@H](CO)C(=O)O)c1c(O)cccc1F. The highest BCUT2D eigenvalue weighted by atomic mass is 19.1. The molecule has 0 radical (unpaired) electrons. The maximum atomic E-state index is 13.2. The van der Waals surface area contributed by atoms with E-state index in [-0.39, 0.29) is 0 Å². The summed E-state index contributed by atoms with van der Waals surface area (Å²) < 4.78 is 13.2. The second-order valence-electron chi connectivity index (χ2n) is 3.18. The van der Waals surface area contributed by atoms with Gasteiger partial charge in [-0.2, -0.15) is 0 Å². The standard InChI is InChI=1S/C10H10FNO5/c11-5-2-1-3-7(14)8(5)9(15)12-6(4-13)10(16)17/h1-3,6,13-14H,4H2,(H,12,15)(H,16,17)/t6-/m1/s1. The van der Waals surface area contributed by atoms with Crippen LogP contribution in [0.5, 0.6) is 5.75 Å². The Morgan fingerprint density at radius 2 is 2.06 bits per heavy atom. The van der Waals surface area contributed by atoms with Crippen molar-refractivity contribution in [2.75, 3.05) is 6.61 Å². The Morgan fingerprint density at radius 1 is 1.41 bits per heavy atom. The molecule has 7 heteroatoms. The molecule has 0 aliphatic heterocycles. The van der Waals surface area contributed by atoms with Crippen molar-refractivity contribution in [2.45, 2.75) is 6.04 Å². The summed E-state index contributed by atoms with van der Waals surface area (Å²) in [5.41, 5.74) is -0.660. The van der Waals surface area contributed by atoms with Crippen LogP contribution in [-0.2, 0) is 4.79 Å². The van der Waals surface area contributed by atoms with Crippen LogP contribution in [0.2, 0.25) is 0 Å². The van der Waals surface area contributed by atoms with E-state index in [0.29, 0.717) is 0 Å². The van der Waals surface area contributed by atoms with Crippen molar-refractivity contribution in [2.24, 2.45) is 0 Å². The van der Waals surface area contributed by atoms with Crippen molar-refractivity contribution in [3.8, 4) is 5.75 Å². The number of aliphatic hydroxyl groups is 1. The molecule has 17 heavy (non-hydrogen) atoms. The summed E-state index contributed by atoms with van der Waals surface area (Å²) >= 11 is 0. The minimum absolute atomic E-state index is 0.607. The highest BCUT2D eigenvalue weighted by Gasteiger charge is 2.23. The summed E-state index contributed by atoms with van der Waals surface area (Å²) in [6.45, 7) is -0.837. The Morgan fingerprint density at radius 3 is 2.53 bits per heavy atom. The van der Waals surface area contributed by atoms with Crippen molar-refractivity contribution in [3.05, 3.63) is 29.6 Å². The molecule has 1 aromatic rings. The molecular formula is C10H10FNO5. The molecule has 0 saturated heterocycles. The van der Waals surface area contributed by atoms with Gasteiger partial charge in [0.15, 0.2) is 6.04 Å². The number of hydrogen-bond donors (Lipinski definition) is 4. The Hall–Kier alpha value is -2.15. The number of carboxylic acids is 1. The van der Waals surface area contributed by atoms with Gasteiger partial charge in [-0.15, -0.1) is 0 Å². The second kappa shape index (κ2) is 5.26. The van der Waals surface area contributed by atoms with E-state index in [0.717, 1.165) is 12.1 Å². The molecule has 0 unspecified atom stereocenters. The van der Waals surface area contributed by atoms with E-state index in [1.807, 2.05) is 5.32 Å². The highest BCUT2D eigenvalue weighted by Crippen LogP contribution is 2.19. The van der Waals surface area contributed by atoms with Crippen molar-refractivity contribution in [1.82, 2.24) is 5.32 Å². The van der Waals surface area contributed by atoms with Crippen molar-refractivity contribution >= 4 is 11.9 Å². The van der Waals surface area contributed by atoms with Gasteiger partial charge in [-0.1, -0.05) is 6.07 Å². The Labute approximate surface area is 95.3 Å². The fourth-order valence-corrected chi connectivity index (χ4v) is 1.15. The van der Waals surface area contributed by atoms with E-state index in [1.165, 1.54) is 6.07 Å². The summed E-state index contributed by atoms with van der Waals surface area (Å²) in [5.74, 6) is -4.16. The van der Waals surface area contributed by atoms with Crippen molar-refractivity contribution < 1.29 is 29.3 Å². The van der Waals surface area contributed by atoms with Gasteiger partial charge in [0.25, 0.3) is 5.91 Å². The predicted molar refractivity (Wildman–Crippen MR) is 54.0 cm³/mol. The Balaban J connectivity index is 2.94. The van der Waals surface area contributed by atoms with Crippen molar-refractivity contribution in [3.63, 3.8) is 0 Å². The predicted octanol–water partition coefficient (Wildman–Crippen LogP) is -0.293. The third kappa shape index (κ3) is 2.91. The second-order valence-corrected chi connectivity index (χ2v) is 3.18. The van der Waals surface area contributed by atoms with E-state index in [2.05, 4.69) is 0 Å². The number of phenolic OH excluding ortho intramolecular Hbond substituents is 1. The molecule has 0 aliphatic carbocycles. The normalized spacial score (nSPS) is 11.9. The number of hydrogen-bond acceptors (Lipinski definition) is 4. The molecule has 0 heterocycles. The van der Waals surface area contributed by atoms with Crippen LogP contribution < -0.4 is 5.32 Å². The molecule has 1 atom stereocenters. The zero-order valence-corrected chi connectivity index (χ0v) is 8.55. The van der Waals surface area contributed by atoms with Crippen LogP contribution in [0.1, 0.15) is 10.4 Å². The van der Waals surface area contributed by atoms with Crippen LogP contribution in [0.15, 0.2) is 18.2 Å². The fourth-order valence-electron chi connectivity index (χ4n) is 1.15. The molecule has 92 valence electrons. The summed E-state index contributed by atoms with van der Waals surface area (Å²) in [6, 6.07) is 1.68. The van der Waals surface area contributed by atoms with Gasteiger partial charge < -0.3 is 20.6 Å². The van der Waals surface area contributed by atoms with Crippen molar-refractivity contribution in [1.29, 1.82) is 0 Å². The number of halogens is 1. The monoisotopic (exact) mass is 243 g/mol. The number of rotatable bonds is 4. The first kappa shape index (κ1) is 12.9. The van der Waals surface area contributed by atoms with Gasteiger partial charge in [0.1, 0.15) is 17.1 Å². The molecule has 1 aromatic carbocycles. The van der Waals surface area contributed by atoms with Gasteiger partial charge in [-0.25, -0.2) is 9.18 Å². The van der Waals surface area contributed by atoms with E-state index in [4.69, 9.17) is 10.2 Å². The number of aliphatic carboxylic acids is 1. The lowest BCUT2D eigenvalue weighted by Gasteiger charge is -2.12. The number of amides is 1. The van der Waals surface area contributed by atoms with Gasteiger partial charge in [0, 0.05) is 0 Å². The molecule has 1 rings (SSSR count). The Kier molecular flexibility index (Phi) is 4.00. The molecule has 0 bridgehead atoms. The molecule has 0 saturated carbocycles. The molecule has 0 fully saturated rings. The van der Waals surface area contributed by atoms with Gasteiger partial charge in [-0.05, 0) is 12.1 Å². The lowest BCUT2D eigenvalue weighted by Crippen LogP contribution is -2.43. The molecular weight excluding hydrogens is 233 g/mol. The van der Waals surface area contributed by atoms with Crippen LogP contribution in [-0.4, -0.2) is 39.8 Å². The van der Waals surface area contributed by atoms with Crippen LogP contribution in [0.25, 0.3) is 0 Å². The van der Waals surface area contributed by atoms with Gasteiger partial charge >= 0.3 is 5.97 Å². The number of carbonyl (C=O) groups is 2. The first-order valence-electron chi connectivity index (χ1n) is 4.59. The maximum Gasteiger partial charge on any atom is 0.328 e. The topological polar surface area (TPSA) is 107 Å². The van der Waals surface area contributed by atoms with Gasteiger partial charge in [0.05, 0.1) is 6.61 Å². The number of phenols is 1. The first-order chi connectivity index (χ1) is 7.97. The quantitative estimate of drug-likeness (QED) is 0.581. The lowest BCUT2D eigenvalue weighted by molar-refractivity contribution is -0.140. The third-order valence-electron chi connectivity index (χ3n) is 2.00. The number of benzene rings is 1. The third-order valence-corrected chi connectivity index (χ3v) is 2.00. The van der Waals surface area contributed by atoms with Crippen LogP contribution in [0, 0.1) is 5.82 Å². The van der Waals surface area contributed by atoms with E-state index in [9.17, 15) is 19.1 Å². The van der Waals surface area contributed by atoms with Crippen LogP contribution in [0.3, 0.4) is 0 Å². The zero-order valence-electron chi connectivity index (χ0n) is 8.55. The molecule has 0 spiro atoms. The first-order valence-corrected chi connectivity index (χ1v) is 4.59. The Bertz CT molecular complexity index is 428. The largest absolute Gasteiger partial charge is 0.507 e. The molecule has 1 amide bonds. The van der Waals surface area contributed by atoms with E-state index < -0.39 is 41.7 Å². The number of nitrogens with one attached hydrogen (secondary N) is 1. The summed E-state index contributed by atoms with van der Waals surface area (Å²) in [7, 11) is 0. The van der Waals surface area contributed by atoms with Crippen LogP contribution >= 0.6 is 0 Å². The minimum Gasteiger partial charge on any atom is -0.507 e.